The summed E-state index contributed by atoms with van der Waals surface area (Å²) in [5, 5.41) is 12.2. The van der Waals surface area contributed by atoms with Gasteiger partial charge in [0.2, 0.25) is 0 Å². The summed E-state index contributed by atoms with van der Waals surface area (Å²) in [5.41, 5.74) is 2.13. The van der Waals surface area contributed by atoms with Gasteiger partial charge in [-0.25, -0.2) is 0 Å². The highest BCUT2D eigenvalue weighted by molar-refractivity contribution is 7.17. The minimum Gasteiger partial charge on any atom is -0.495 e. The molecule has 0 aliphatic carbocycles. The molecule has 0 atom stereocenters. The SMILES string of the molecule is COc1csc2c(C)cc(CO)cc12. The molecule has 2 rings (SSSR count). The Morgan fingerprint density at radius 2 is 2.21 bits per heavy atom. The first kappa shape index (κ1) is 9.49. The number of aliphatic hydroxyl groups excluding tert-OH is 1. The van der Waals surface area contributed by atoms with Crippen LogP contribution in [-0.4, -0.2) is 12.2 Å². The summed E-state index contributed by atoms with van der Waals surface area (Å²) < 4.78 is 6.49. The zero-order chi connectivity index (χ0) is 10.1. The highest BCUT2D eigenvalue weighted by atomic mass is 32.1. The van der Waals surface area contributed by atoms with E-state index >= 15 is 0 Å². The number of ether oxygens (including phenoxy) is 1. The van der Waals surface area contributed by atoms with Gasteiger partial charge < -0.3 is 9.84 Å². The van der Waals surface area contributed by atoms with Crippen molar-refractivity contribution in [1.29, 1.82) is 0 Å². The third-order valence-corrected chi connectivity index (χ3v) is 3.40. The van der Waals surface area contributed by atoms with Crippen LogP contribution < -0.4 is 4.74 Å². The lowest BCUT2D eigenvalue weighted by atomic mass is 10.1. The Balaban J connectivity index is 2.73. The van der Waals surface area contributed by atoms with Gasteiger partial charge in [-0.2, -0.15) is 0 Å². The summed E-state index contributed by atoms with van der Waals surface area (Å²) in [6, 6.07) is 4.00. The highest BCUT2D eigenvalue weighted by Crippen LogP contribution is 2.35. The Kier molecular flexibility index (Phi) is 2.44. The maximum Gasteiger partial charge on any atom is 0.137 e. The molecule has 0 radical (unpaired) electrons. The second-order valence-electron chi connectivity index (χ2n) is 3.25. The molecule has 1 aromatic carbocycles. The molecule has 0 aliphatic heterocycles. The second kappa shape index (κ2) is 3.59. The predicted molar refractivity (Wildman–Crippen MR) is 59.0 cm³/mol. The Labute approximate surface area is 86.8 Å². The third kappa shape index (κ3) is 1.38. The Morgan fingerprint density at radius 3 is 2.86 bits per heavy atom. The van der Waals surface area contributed by atoms with Gasteiger partial charge in [0.1, 0.15) is 5.75 Å². The quantitative estimate of drug-likeness (QED) is 0.822. The van der Waals surface area contributed by atoms with Crippen LogP contribution in [0.3, 0.4) is 0 Å². The molecule has 0 unspecified atom stereocenters. The number of hydrogen-bond donors (Lipinski definition) is 1. The van der Waals surface area contributed by atoms with Crippen molar-refractivity contribution in [2.24, 2.45) is 0 Å². The molecule has 1 aromatic heterocycles. The third-order valence-electron chi connectivity index (χ3n) is 2.29. The number of thiophene rings is 1. The molecule has 0 fully saturated rings. The molecule has 2 nitrogen and oxygen atoms in total. The Morgan fingerprint density at radius 1 is 1.43 bits per heavy atom. The van der Waals surface area contributed by atoms with Crippen LogP contribution in [0.5, 0.6) is 5.75 Å². The zero-order valence-corrected chi connectivity index (χ0v) is 9.02. The fourth-order valence-electron chi connectivity index (χ4n) is 1.61. The summed E-state index contributed by atoms with van der Waals surface area (Å²) in [6.45, 7) is 2.13. The average Bonchev–Trinajstić information content (AvgIpc) is 2.61. The molecule has 0 bridgehead atoms. The normalized spacial score (nSPS) is 10.8. The van der Waals surface area contributed by atoms with Crippen molar-refractivity contribution in [1.82, 2.24) is 0 Å². The largest absolute Gasteiger partial charge is 0.495 e. The van der Waals surface area contributed by atoms with E-state index in [0.29, 0.717) is 0 Å². The molecule has 3 heteroatoms. The predicted octanol–water partition coefficient (Wildman–Crippen LogP) is 2.71. The zero-order valence-electron chi connectivity index (χ0n) is 8.20. The fraction of sp³-hybridized carbons (Fsp3) is 0.273. The molecule has 0 spiro atoms. The first-order chi connectivity index (χ1) is 6.76. The summed E-state index contributed by atoms with van der Waals surface area (Å²) in [6.07, 6.45) is 0. The molecular formula is C11H12O2S. The van der Waals surface area contributed by atoms with Crippen molar-refractivity contribution >= 4 is 21.4 Å². The van der Waals surface area contributed by atoms with Crippen LogP contribution in [-0.2, 0) is 6.61 Å². The molecule has 0 saturated carbocycles. The molecule has 0 aliphatic rings. The van der Waals surface area contributed by atoms with Crippen molar-refractivity contribution in [3.63, 3.8) is 0 Å². The van der Waals surface area contributed by atoms with E-state index in [0.717, 1.165) is 16.7 Å². The highest BCUT2D eigenvalue weighted by Gasteiger charge is 2.07. The Bertz CT molecular complexity index is 460. The number of methoxy groups -OCH3 is 1. The van der Waals surface area contributed by atoms with E-state index in [4.69, 9.17) is 9.84 Å². The molecule has 74 valence electrons. The molecule has 0 saturated heterocycles. The molecule has 1 heterocycles. The monoisotopic (exact) mass is 208 g/mol. The van der Waals surface area contributed by atoms with Gasteiger partial charge in [-0.05, 0) is 24.1 Å². The van der Waals surface area contributed by atoms with Gasteiger partial charge in [0.25, 0.3) is 0 Å². The van der Waals surface area contributed by atoms with E-state index in [9.17, 15) is 0 Å². The van der Waals surface area contributed by atoms with Gasteiger partial charge in [0.05, 0.1) is 13.7 Å². The first-order valence-corrected chi connectivity index (χ1v) is 5.30. The van der Waals surface area contributed by atoms with Crippen molar-refractivity contribution in [2.45, 2.75) is 13.5 Å². The molecule has 14 heavy (non-hydrogen) atoms. The van der Waals surface area contributed by atoms with Crippen molar-refractivity contribution in [3.05, 3.63) is 28.6 Å². The second-order valence-corrected chi connectivity index (χ2v) is 4.13. The summed E-state index contributed by atoms with van der Waals surface area (Å²) in [5.74, 6) is 0.892. The van der Waals surface area contributed by atoms with E-state index in [1.165, 1.54) is 10.3 Å². The lowest BCUT2D eigenvalue weighted by molar-refractivity contribution is 0.282. The van der Waals surface area contributed by atoms with Gasteiger partial charge >= 0.3 is 0 Å². The van der Waals surface area contributed by atoms with Crippen LogP contribution >= 0.6 is 11.3 Å². The number of fused-ring (bicyclic) bond motifs is 1. The van der Waals surface area contributed by atoms with Gasteiger partial charge in [0.15, 0.2) is 0 Å². The van der Waals surface area contributed by atoms with E-state index in [2.05, 4.69) is 6.92 Å². The number of rotatable bonds is 2. The number of benzene rings is 1. The first-order valence-electron chi connectivity index (χ1n) is 4.42. The van der Waals surface area contributed by atoms with E-state index < -0.39 is 0 Å². The topological polar surface area (TPSA) is 29.5 Å². The number of hydrogen-bond acceptors (Lipinski definition) is 3. The van der Waals surface area contributed by atoms with E-state index in [1.54, 1.807) is 18.4 Å². The summed E-state index contributed by atoms with van der Waals surface area (Å²) >= 11 is 1.68. The molecule has 0 amide bonds. The number of aliphatic hydroxyl groups is 1. The van der Waals surface area contributed by atoms with Crippen LogP contribution in [0.1, 0.15) is 11.1 Å². The van der Waals surface area contributed by atoms with Crippen molar-refractivity contribution < 1.29 is 9.84 Å². The van der Waals surface area contributed by atoms with Crippen LogP contribution in [0.2, 0.25) is 0 Å². The molecular weight excluding hydrogens is 196 g/mol. The minimum absolute atomic E-state index is 0.0791. The standard InChI is InChI=1S/C11H12O2S/c1-7-3-8(5-12)4-9-10(13-2)6-14-11(7)9/h3-4,6,12H,5H2,1-2H3. The lowest BCUT2D eigenvalue weighted by Gasteiger charge is -2.02. The number of aryl methyl sites for hydroxylation is 1. The van der Waals surface area contributed by atoms with Crippen molar-refractivity contribution in [3.8, 4) is 5.75 Å². The van der Waals surface area contributed by atoms with Crippen LogP contribution in [0, 0.1) is 6.92 Å². The molecule has 2 aromatic rings. The van der Waals surface area contributed by atoms with Gasteiger partial charge in [-0.3, -0.25) is 0 Å². The minimum atomic E-state index is 0.0791. The average molecular weight is 208 g/mol. The maximum atomic E-state index is 9.09. The fourth-order valence-corrected chi connectivity index (χ4v) is 2.59. The summed E-state index contributed by atoms with van der Waals surface area (Å²) in [4.78, 5) is 0. The van der Waals surface area contributed by atoms with Gasteiger partial charge in [-0.15, -0.1) is 11.3 Å². The molecule has 1 N–H and O–H groups in total. The van der Waals surface area contributed by atoms with Gasteiger partial charge in [0, 0.05) is 15.5 Å². The van der Waals surface area contributed by atoms with Crippen LogP contribution in [0.15, 0.2) is 17.5 Å². The lowest BCUT2D eigenvalue weighted by Crippen LogP contribution is -1.86. The Hall–Kier alpha value is -1.06. The van der Waals surface area contributed by atoms with Gasteiger partial charge in [-0.1, -0.05) is 6.07 Å². The van der Waals surface area contributed by atoms with Crippen LogP contribution in [0.25, 0.3) is 10.1 Å². The maximum absolute atomic E-state index is 9.09. The smallest absolute Gasteiger partial charge is 0.137 e. The summed E-state index contributed by atoms with van der Waals surface area (Å²) in [7, 11) is 1.67. The van der Waals surface area contributed by atoms with Crippen molar-refractivity contribution in [2.75, 3.05) is 7.11 Å². The van der Waals surface area contributed by atoms with E-state index in [-0.39, 0.29) is 6.61 Å². The van der Waals surface area contributed by atoms with Crippen LogP contribution in [0.4, 0.5) is 0 Å². The van der Waals surface area contributed by atoms with E-state index in [1.807, 2.05) is 17.5 Å².